The van der Waals surface area contributed by atoms with Crippen molar-refractivity contribution in [2.45, 2.75) is 64.0 Å². The first kappa shape index (κ1) is 25.3. The van der Waals surface area contributed by atoms with Crippen LogP contribution in [0.4, 0.5) is 5.69 Å². The zero-order chi connectivity index (χ0) is 24.2. The van der Waals surface area contributed by atoms with Crippen LogP contribution in [-0.2, 0) is 19.6 Å². The van der Waals surface area contributed by atoms with Crippen LogP contribution in [-0.4, -0.2) is 69.2 Å². The van der Waals surface area contributed by atoms with Crippen molar-refractivity contribution in [3.05, 3.63) is 18.2 Å². The highest BCUT2D eigenvalue weighted by atomic mass is 32.2. The van der Waals surface area contributed by atoms with E-state index in [4.69, 9.17) is 9.47 Å². The van der Waals surface area contributed by atoms with Crippen LogP contribution in [0.15, 0.2) is 18.2 Å². The second-order valence-corrected chi connectivity index (χ2v) is 11.2. The summed E-state index contributed by atoms with van der Waals surface area (Å²) in [5.74, 6) is -0.0552. The number of anilines is 1. The number of sulfonamides is 1. The molecule has 2 amide bonds. The molecule has 9 nitrogen and oxygen atoms in total. The summed E-state index contributed by atoms with van der Waals surface area (Å²) in [4.78, 5) is 28.5. The van der Waals surface area contributed by atoms with Gasteiger partial charge in [0.25, 0.3) is 0 Å². The van der Waals surface area contributed by atoms with Gasteiger partial charge in [0.2, 0.25) is 21.8 Å². The van der Waals surface area contributed by atoms with Crippen LogP contribution >= 0.6 is 0 Å². The van der Waals surface area contributed by atoms with Gasteiger partial charge in [0.1, 0.15) is 17.0 Å². The van der Waals surface area contributed by atoms with E-state index in [0.29, 0.717) is 17.2 Å². The van der Waals surface area contributed by atoms with Crippen molar-refractivity contribution in [3.8, 4) is 11.5 Å². The Morgan fingerprint density at radius 1 is 1.09 bits per heavy atom. The number of amides is 2. The van der Waals surface area contributed by atoms with Crippen molar-refractivity contribution in [2.24, 2.45) is 0 Å². The molecule has 0 unspecified atom stereocenters. The molecule has 1 atom stereocenters. The monoisotopic (exact) mass is 481 g/mol. The van der Waals surface area contributed by atoms with Crippen molar-refractivity contribution in [2.75, 3.05) is 38.0 Å². The molecule has 1 aliphatic carbocycles. The molecule has 1 saturated carbocycles. The first-order chi connectivity index (χ1) is 15.6. The van der Waals surface area contributed by atoms with Gasteiger partial charge < -0.3 is 14.8 Å². The molecule has 33 heavy (non-hydrogen) atoms. The maximum atomic E-state index is 13.7. The van der Waals surface area contributed by atoms with Gasteiger partial charge in [0.15, 0.2) is 0 Å². The van der Waals surface area contributed by atoms with E-state index in [0.717, 1.165) is 42.8 Å². The van der Waals surface area contributed by atoms with Gasteiger partial charge in [-0.15, -0.1) is 0 Å². The molecule has 2 fully saturated rings. The number of methoxy groups -OCH3 is 2. The predicted molar refractivity (Wildman–Crippen MR) is 126 cm³/mol. The van der Waals surface area contributed by atoms with E-state index in [2.05, 4.69) is 5.32 Å². The molecule has 0 radical (unpaired) electrons. The summed E-state index contributed by atoms with van der Waals surface area (Å²) >= 11 is 0. The van der Waals surface area contributed by atoms with Crippen molar-refractivity contribution in [1.29, 1.82) is 0 Å². The van der Waals surface area contributed by atoms with Gasteiger partial charge in [-0.2, -0.15) is 4.31 Å². The predicted octanol–water partition coefficient (Wildman–Crippen LogP) is 2.30. The molecule has 10 heteroatoms. The number of benzene rings is 1. The first-order valence-electron chi connectivity index (χ1n) is 11.5. The quantitative estimate of drug-likeness (QED) is 0.599. The number of nitrogens with zero attached hydrogens (tertiary/aromatic N) is 2. The average Bonchev–Trinajstić information content (AvgIpc) is 3.06. The lowest BCUT2D eigenvalue weighted by Crippen LogP contribution is -2.70. The molecule has 1 aromatic rings. The van der Waals surface area contributed by atoms with Crippen molar-refractivity contribution in [3.63, 3.8) is 0 Å². The van der Waals surface area contributed by atoms with Crippen molar-refractivity contribution < 1.29 is 27.5 Å². The lowest BCUT2D eigenvalue weighted by Gasteiger charge is -2.47. The zero-order valence-electron chi connectivity index (χ0n) is 19.9. The summed E-state index contributed by atoms with van der Waals surface area (Å²) in [5, 5.41) is 3.12. The Kier molecular flexibility index (Phi) is 7.89. The van der Waals surface area contributed by atoms with Crippen LogP contribution in [0, 0.1) is 0 Å². The van der Waals surface area contributed by atoms with E-state index in [1.807, 2.05) is 0 Å². The third-order valence-electron chi connectivity index (χ3n) is 6.57. The van der Waals surface area contributed by atoms with Gasteiger partial charge in [-0.1, -0.05) is 25.7 Å². The van der Waals surface area contributed by atoms with Crippen LogP contribution in [0.3, 0.4) is 0 Å². The van der Waals surface area contributed by atoms with Gasteiger partial charge in [0, 0.05) is 30.8 Å². The van der Waals surface area contributed by atoms with Crippen LogP contribution in [0.25, 0.3) is 0 Å². The SMILES string of the molecule is CCS(=O)(=O)N1CC(=O)N(c2cc(OC)cc(OC)c2)[C@@](C)(C(=O)NC2CCCCCC2)C1. The van der Waals surface area contributed by atoms with Crippen LogP contribution < -0.4 is 19.7 Å². The molecule has 0 spiro atoms. The highest BCUT2D eigenvalue weighted by molar-refractivity contribution is 7.89. The molecule has 0 bridgehead atoms. The van der Waals surface area contributed by atoms with Gasteiger partial charge in [-0.3, -0.25) is 14.5 Å². The van der Waals surface area contributed by atoms with E-state index in [1.165, 1.54) is 26.0 Å². The minimum absolute atomic E-state index is 0.00628. The topological polar surface area (TPSA) is 105 Å². The molecular weight excluding hydrogens is 446 g/mol. The minimum Gasteiger partial charge on any atom is -0.497 e. The fourth-order valence-corrected chi connectivity index (χ4v) is 5.75. The van der Waals surface area contributed by atoms with E-state index in [-0.39, 0.29) is 30.8 Å². The van der Waals surface area contributed by atoms with Gasteiger partial charge in [-0.05, 0) is 26.7 Å². The van der Waals surface area contributed by atoms with Crippen LogP contribution in [0.2, 0.25) is 0 Å². The summed E-state index contributed by atoms with van der Waals surface area (Å²) in [6.45, 7) is 2.69. The molecule has 1 heterocycles. The van der Waals surface area contributed by atoms with Gasteiger partial charge in [0.05, 0.1) is 32.2 Å². The van der Waals surface area contributed by atoms with Gasteiger partial charge in [-0.25, -0.2) is 8.42 Å². The van der Waals surface area contributed by atoms with Gasteiger partial charge >= 0.3 is 0 Å². The Labute approximate surface area is 196 Å². The second kappa shape index (κ2) is 10.3. The molecule has 2 aliphatic rings. The zero-order valence-corrected chi connectivity index (χ0v) is 20.7. The molecule has 1 saturated heterocycles. The first-order valence-corrected chi connectivity index (χ1v) is 13.1. The molecular formula is C23H35N3O6S. The summed E-state index contributed by atoms with van der Waals surface area (Å²) in [5.41, 5.74) is -1.02. The number of nitrogens with one attached hydrogen (secondary N) is 1. The Morgan fingerprint density at radius 3 is 2.18 bits per heavy atom. The molecule has 1 aromatic carbocycles. The fraction of sp³-hybridized carbons (Fsp3) is 0.652. The second-order valence-electron chi connectivity index (χ2n) is 8.90. The Hall–Kier alpha value is -2.33. The number of hydrogen-bond donors (Lipinski definition) is 1. The molecule has 1 N–H and O–H groups in total. The van der Waals surface area contributed by atoms with Crippen LogP contribution in [0.5, 0.6) is 11.5 Å². The Balaban J connectivity index is 2.04. The molecule has 0 aromatic heterocycles. The summed E-state index contributed by atoms with van der Waals surface area (Å²) in [7, 11) is -0.664. The lowest BCUT2D eigenvalue weighted by molar-refractivity contribution is -0.133. The maximum Gasteiger partial charge on any atom is 0.247 e. The number of ether oxygens (including phenoxy) is 2. The summed E-state index contributed by atoms with van der Waals surface area (Å²) in [6, 6.07) is 4.99. The Bertz CT molecular complexity index is 952. The minimum atomic E-state index is -3.67. The Morgan fingerprint density at radius 2 is 1.67 bits per heavy atom. The standard InChI is InChI=1S/C23H35N3O6S/c1-5-33(29,30)25-15-21(27)26(18-12-19(31-3)14-20(13-18)32-4)23(2,16-25)22(28)24-17-10-8-6-7-9-11-17/h12-14,17H,5-11,15-16H2,1-4H3,(H,24,28)/t23-/m1/s1. The van der Waals surface area contributed by atoms with Crippen molar-refractivity contribution in [1.82, 2.24) is 9.62 Å². The number of carbonyl (C=O) groups excluding carboxylic acids is 2. The average molecular weight is 482 g/mol. The summed E-state index contributed by atoms with van der Waals surface area (Å²) in [6.07, 6.45) is 6.10. The summed E-state index contributed by atoms with van der Waals surface area (Å²) < 4.78 is 37.2. The number of piperazine rings is 1. The van der Waals surface area contributed by atoms with E-state index in [9.17, 15) is 18.0 Å². The van der Waals surface area contributed by atoms with E-state index < -0.39 is 21.5 Å². The largest absolute Gasteiger partial charge is 0.497 e. The molecule has 3 rings (SSSR count). The molecule has 184 valence electrons. The smallest absolute Gasteiger partial charge is 0.247 e. The lowest BCUT2D eigenvalue weighted by atomic mass is 9.93. The fourth-order valence-electron chi connectivity index (χ4n) is 4.63. The number of carbonyl (C=O) groups is 2. The third kappa shape index (κ3) is 5.43. The van der Waals surface area contributed by atoms with Crippen LogP contribution in [0.1, 0.15) is 52.4 Å². The highest BCUT2D eigenvalue weighted by Crippen LogP contribution is 2.36. The van der Waals surface area contributed by atoms with E-state index >= 15 is 0 Å². The number of hydrogen-bond acceptors (Lipinski definition) is 6. The van der Waals surface area contributed by atoms with E-state index in [1.54, 1.807) is 25.1 Å². The molecule has 1 aliphatic heterocycles. The third-order valence-corrected chi connectivity index (χ3v) is 8.35. The highest BCUT2D eigenvalue weighted by Gasteiger charge is 2.51. The maximum absolute atomic E-state index is 13.7. The van der Waals surface area contributed by atoms with Crippen molar-refractivity contribution >= 4 is 27.5 Å². The normalized spacial score (nSPS) is 23.2. The number of rotatable bonds is 7.